The Labute approximate surface area is 105 Å². The minimum Gasteiger partial charge on any atom is -0.497 e. The van der Waals surface area contributed by atoms with E-state index in [9.17, 15) is 0 Å². The molecule has 1 heterocycles. The van der Waals surface area contributed by atoms with Crippen molar-refractivity contribution in [3.63, 3.8) is 0 Å². The highest BCUT2D eigenvalue weighted by Gasteiger charge is 2.28. The van der Waals surface area contributed by atoms with E-state index in [2.05, 4.69) is 35.0 Å². The molecule has 0 N–H and O–H groups in total. The highest BCUT2D eigenvalue weighted by molar-refractivity contribution is 9.09. The highest BCUT2D eigenvalue weighted by atomic mass is 79.9. The van der Waals surface area contributed by atoms with Crippen LogP contribution in [-0.4, -0.2) is 19.3 Å². The molecule has 1 aromatic rings. The van der Waals surface area contributed by atoms with Crippen molar-refractivity contribution in [3.8, 4) is 5.75 Å². The Morgan fingerprint density at radius 1 is 1.31 bits per heavy atom. The Kier molecular flexibility index (Phi) is 3.87. The Morgan fingerprint density at radius 3 is 2.50 bits per heavy atom. The topological polar surface area (TPSA) is 18.5 Å². The third kappa shape index (κ3) is 2.58. The fraction of sp³-hybridized carbons (Fsp3) is 0.538. The summed E-state index contributed by atoms with van der Waals surface area (Å²) in [4.78, 5) is 0.281. The molecule has 1 saturated heterocycles. The quantitative estimate of drug-likeness (QED) is 0.788. The van der Waals surface area contributed by atoms with E-state index >= 15 is 0 Å². The molecule has 0 bridgehead atoms. The van der Waals surface area contributed by atoms with Gasteiger partial charge in [0.1, 0.15) is 5.75 Å². The van der Waals surface area contributed by atoms with Crippen molar-refractivity contribution < 1.29 is 9.47 Å². The molecule has 3 atom stereocenters. The number of rotatable bonds is 3. The molecule has 1 aromatic carbocycles. The third-order valence-corrected chi connectivity index (χ3v) is 4.14. The van der Waals surface area contributed by atoms with Gasteiger partial charge in [-0.2, -0.15) is 0 Å². The molecule has 16 heavy (non-hydrogen) atoms. The summed E-state index contributed by atoms with van der Waals surface area (Å²) in [6, 6.07) is 8.15. The van der Waals surface area contributed by atoms with Gasteiger partial charge < -0.3 is 9.47 Å². The van der Waals surface area contributed by atoms with E-state index in [-0.39, 0.29) is 4.83 Å². The van der Waals surface area contributed by atoms with Crippen LogP contribution in [0.2, 0.25) is 0 Å². The van der Waals surface area contributed by atoms with Crippen LogP contribution < -0.4 is 4.74 Å². The highest BCUT2D eigenvalue weighted by Crippen LogP contribution is 2.36. The zero-order valence-electron chi connectivity index (χ0n) is 9.65. The van der Waals surface area contributed by atoms with E-state index in [1.54, 1.807) is 7.11 Å². The van der Waals surface area contributed by atoms with Gasteiger partial charge in [-0.25, -0.2) is 0 Å². The van der Waals surface area contributed by atoms with Crippen molar-refractivity contribution in [2.24, 2.45) is 0 Å². The average Bonchev–Trinajstić information content (AvgIpc) is 2.75. The van der Waals surface area contributed by atoms with Gasteiger partial charge in [0.15, 0.2) is 0 Å². The summed E-state index contributed by atoms with van der Waals surface area (Å²) in [6.07, 6.45) is 2.97. The van der Waals surface area contributed by atoms with Gasteiger partial charge in [0.2, 0.25) is 0 Å². The minimum absolute atomic E-state index is 0.281. The normalized spacial score (nSPS) is 26.7. The summed E-state index contributed by atoms with van der Waals surface area (Å²) in [6.45, 7) is 2.13. The van der Waals surface area contributed by atoms with E-state index in [1.807, 2.05) is 12.1 Å². The van der Waals surface area contributed by atoms with Crippen molar-refractivity contribution in [1.29, 1.82) is 0 Å². The standard InChI is InChI=1S/C13H17BrO2/c1-9-3-8-12(16-9)13(14)10-4-6-11(15-2)7-5-10/h4-7,9,12-13H,3,8H2,1-2H3. The van der Waals surface area contributed by atoms with Crippen LogP contribution in [-0.2, 0) is 4.74 Å². The largest absolute Gasteiger partial charge is 0.497 e. The summed E-state index contributed by atoms with van der Waals surface area (Å²) in [5.41, 5.74) is 1.25. The molecule has 3 unspecified atom stereocenters. The van der Waals surface area contributed by atoms with E-state index in [1.165, 1.54) is 5.56 Å². The predicted molar refractivity (Wildman–Crippen MR) is 68.2 cm³/mol. The maximum absolute atomic E-state index is 5.86. The lowest BCUT2D eigenvalue weighted by atomic mass is 10.1. The number of hydrogen-bond donors (Lipinski definition) is 0. The number of methoxy groups -OCH3 is 1. The molecular weight excluding hydrogens is 268 g/mol. The van der Waals surface area contributed by atoms with Crippen molar-refractivity contribution >= 4 is 15.9 Å². The van der Waals surface area contributed by atoms with Crippen molar-refractivity contribution in [1.82, 2.24) is 0 Å². The number of alkyl halides is 1. The Hall–Kier alpha value is -0.540. The molecule has 1 aliphatic heterocycles. The van der Waals surface area contributed by atoms with Crippen molar-refractivity contribution in [2.75, 3.05) is 7.11 Å². The van der Waals surface area contributed by atoms with E-state index in [0.717, 1.165) is 18.6 Å². The monoisotopic (exact) mass is 284 g/mol. The summed E-state index contributed by atoms with van der Waals surface area (Å²) in [5.74, 6) is 0.893. The summed E-state index contributed by atoms with van der Waals surface area (Å²) in [5, 5.41) is 0. The fourth-order valence-corrected chi connectivity index (χ4v) is 2.75. The second-order valence-electron chi connectivity index (χ2n) is 4.24. The summed E-state index contributed by atoms with van der Waals surface area (Å²) < 4.78 is 11.0. The SMILES string of the molecule is COc1ccc(C(Br)C2CCC(C)O2)cc1. The second kappa shape index (κ2) is 5.19. The van der Waals surface area contributed by atoms with Gasteiger partial charge in [-0.3, -0.25) is 0 Å². The van der Waals surface area contributed by atoms with Crippen LogP contribution in [0.1, 0.15) is 30.2 Å². The first-order valence-electron chi connectivity index (χ1n) is 5.64. The van der Waals surface area contributed by atoms with E-state index in [0.29, 0.717) is 12.2 Å². The molecule has 2 rings (SSSR count). The zero-order chi connectivity index (χ0) is 11.5. The van der Waals surface area contributed by atoms with Crippen LogP contribution in [0.3, 0.4) is 0 Å². The van der Waals surface area contributed by atoms with Crippen LogP contribution in [0.5, 0.6) is 5.75 Å². The zero-order valence-corrected chi connectivity index (χ0v) is 11.2. The second-order valence-corrected chi connectivity index (χ2v) is 5.22. The smallest absolute Gasteiger partial charge is 0.118 e. The lowest BCUT2D eigenvalue weighted by molar-refractivity contribution is 0.0557. The van der Waals surface area contributed by atoms with Gasteiger partial charge >= 0.3 is 0 Å². The lowest BCUT2D eigenvalue weighted by Gasteiger charge is -2.18. The molecule has 88 valence electrons. The van der Waals surface area contributed by atoms with Crippen LogP contribution in [0.4, 0.5) is 0 Å². The third-order valence-electron chi connectivity index (χ3n) is 3.03. The van der Waals surface area contributed by atoms with Gasteiger partial charge in [-0.15, -0.1) is 0 Å². The van der Waals surface area contributed by atoms with Crippen molar-refractivity contribution in [3.05, 3.63) is 29.8 Å². The summed E-state index contributed by atoms with van der Waals surface area (Å²) >= 11 is 3.72. The van der Waals surface area contributed by atoms with Gasteiger partial charge in [0, 0.05) is 0 Å². The molecule has 0 saturated carbocycles. The van der Waals surface area contributed by atoms with Gasteiger partial charge in [-0.05, 0) is 37.5 Å². The van der Waals surface area contributed by atoms with Crippen LogP contribution in [0.15, 0.2) is 24.3 Å². The first-order valence-corrected chi connectivity index (χ1v) is 6.55. The minimum atomic E-state index is 0.281. The van der Waals surface area contributed by atoms with Gasteiger partial charge in [0.05, 0.1) is 24.1 Å². The molecule has 1 fully saturated rings. The fourth-order valence-electron chi connectivity index (χ4n) is 2.05. The molecule has 1 aliphatic rings. The van der Waals surface area contributed by atoms with E-state index in [4.69, 9.17) is 9.47 Å². The first kappa shape index (κ1) is 11.9. The number of hydrogen-bond acceptors (Lipinski definition) is 2. The Morgan fingerprint density at radius 2 is 2.00 bits per heavy atom. The predicted octanol–water partition coefficient (Wildman–Crippen LogP) is 3.70. The molecule has 2 nitrogen and oxygen atoms in total. The summed E-state index contributed by atoms with van der Waals surface area (Å²) in [7, 11) is 1.68. The molecule has 0 aliphatic carbocycles. The Bertz CT molecular complexity index is 336. The maximum atomic E-state index is 5.86. The number of ether oxygens (including phenoxy) is 2. The molecular formula is C13H17BrO2. The van der Waals surface area contributed by atoms with Crippen molar-refractivity contribution in [2.45, 2.75) is 36.8 Å². The van der Waals surface area contributed by atoms with Gasteiger partial charge in [0.25, 0.3) is 0 Å². The first-order chi connectivity index (χ1) is 7.70. The van der Waals surface area contributed by atoms with Crippen LogP contribution in [0.25, 0.3) is 0 Å². The number of halogens is 1. The average molecular weight is 285 g/mol. The molecule has 0 radical (unpaired) electrons. The van der Waals surface area contributed by atoms with E-state index < -0.39 is 0 Å². The molecule has 0 aromatic heterocycles. The van der Waals surface area contributed by atoms with Gasteiger partial charge in [-0.1, -0.05) is 28.1 Å². The maximum Gasteiger partial charge on any atom is 0.118 e. The van der Waals surface area contributed by atoms with Crippen LogP contribution in [0, 0.1) is 0 Å². The molecule has 0 amide bonds. The lowest BCUT2D eigenvalue weighted by Crippen LogP contribution is -2.14. The van der Waals surface area contributed by atoms with Crippen LogP contribution >= 0.6 is 15.9 Å². The molecule has 0 spiro atoms. The Balaban J connectivity index is 2.05. The number of benzene rings is 1. The molecule has 3 heteroatoms.